The number of benzene rings is 1. The molecule has 0 spiro atoms. The van der Waals surface area contributed by atoms with Crippen molar-refractivity contribution in [2.75, 3.05) is 19.5 Å². The van der Waals surface area contributed by atoms with E-state index in [4.69, 9.17) is 20.5 Å². The summed E-state index contributed by atoms with van der Waals surface area (Å²) < 4.78 is 31.7. The van der Waals surface area contributed by atoms with Gasteiger partial charge < -0.3 is 4.74 Å². The van der Waals surface area contributed by atoms with Gasteiger partial charge in [0.2, 0.25) is 0 Å². The van der Waals surface area contributed by atoms with Crippen molar-refractivity contribution in [2.24, 2.45) is 5.92 Å². The van der Waals surface area contributed by atoms with E-state index in [1.165, 1.54) is 6.92 Å². The van der Waals surface area contributed by atoms with E-state index in [9.17, 15) is 13.2 Å². The lowest BCUT2D eigenvalue weighted by Gasteiger charge is -2.16. The highest BCUT2D eigenvalue weighted by molar-refractivity contribution is 7.85. The first-order valence-corrected chi connectivity index (χ1v) is 8.18. The number of ether oxygens (including phenoxy) is 1. The Bertz CT molecular complexity index is 538. The van der Waals surface area contributed by atoms with Crippen LogP contribution in [0.25, 0.3) is 0 Å². The van der Waals surface area contributed by atoms with Crippen molar-refractivity contribution in [2.45, 2.75) is 13.3 Å². The molecule has 1 aromatic rings. The van der Waals surface area contributed by atoms with E-state index in [2.05, 4.69) is 0 Å². The number of carbonyl (C=O) groups excluding carboxylic acids is 1. The minimum absolute atomic E-state index is 0.0330. The first-order valence-electron chi connectivity index (χ1n) is 5.98. The van der Waals surface area contributed by atoms with Gasteiger partial charge in [0.1, 0.15) is 0 Å². The van der Waals surface area contributed by atoms with E-state index in [1.807, 2.05) is 12.1 Å². The molecule has 0 aliphatic rings. The van der Waals surface area contributed by atoms with Crippen LogP contribution < -0.4 is 0 Å². The van der Waals surface area contributed by atoms with Crippen LogP contribution in [0.5, 0.6) is 0 Å². The van der Waals surface area contributed by atoms with Gasteiger partial charge in [-0.2, -0.15) is 8.42 Å². The molecule has 5 nitrogen and oxygen atoms in total. The van der Waals surface area contributed by atoms with Crippen molar-refractivity contribution in [1.29, 1.82) is 0 Å². The monoisotopic (exact) mass is 320 g/mol. The van der Waals surface area contributed by atoms with Crippen molar-refractivity contribution in [1.82, 2.24) is 0 Å². The third-order valence-corrected chi connectivity index (χ3v) is 3.29. The summed E-state index contributed by atoms with van der Waals surface area (Å²) >= 11 is 5.80. The van der Waals surface area contributed by atoms with Crippen LogP contribution in [0, 0.1) is 5.92 Å². The second-order valence-corrected chi connectivity index (χ2v) is 6.57. The van der Waals surface area contributed by atoms with Crippen molar-refractivity contribution in [3.05, 3.63) is 34.9 Å². The third-order valence-electron chi connectivity index (χ3n) is 2.48. The first-order chi connectivity index (χ1) is 9.26. The van der Waals surface area contributed by atoms with Gasteiger partial charge in [0, 0.05) is 17.9 Å². The predicted octanol–water partition coefficient (Wildman–Crippen LogP) is 2.04. The number of hydrogen-bond acceptors (Lipinski definition) is 5. The molecule has 0 aromatic heterocycles. The minimum Gasteiger partial charge on any atom is -0.465 e. The Morgan fingerprint density at radius 2 is 1.85 bits per heavy atom. The van der Waals surface area contributed by atoms with Gasteiger partial charge in [-0.25, -0.2) is 0 Å². The third kappa shape index (κ3) is 7.47. The van der Waals surface area contributed by atoms with E-state index in [0.29, 0.717) is 11.4 Å². The highest BCUT2D eigenvalue weighted by Crippen LogP contribution is 2.15. The second kappa shape index (κ2) is 7.61. The molecule has 1 atom stereocenters. The van der Waals surface area contributed by atoms with E-state index < -0.39 is 16.1 Å². The highest BCUT2D eigenvalue weighted by Gasteiger charge is 2.15. The summed E-state index contributed by atoms with van der Waals surface area (Å²) in [6.45, 7) is 1.37. The summed E-state index contributed by atoms with van der Waals surface area (Å²) in [5, 5.41) is 0.623. The molecule has 0 saturated carbocycles. The van der Waals surface area contributed by atoms with Gasteiger partial charge in [0.25, 0.3) is 10.1 Å². The fourth-order valence-corrected chi connectivity index (χ4v) is 2.14. The fraction of sp³-hybridized carbons (Fsp3) is 0.462. The Kier molecular flexibility index (Phi) is 6.45. The van der Waals surface area contributed by atoms with Gasteiger partial charge in [0.05, 0.1) is 19.5 Å². The van der Waals surface area contributed by atoms with Gasteiger partial charge >= 0.3 is 5.97 Å². The summed E-state index contributed by atoms with van der Waals surface area (Å²) in [6, 6.07) is 7.17. The Labute approximate surface area is 124 Å². The summed E-state index contributed by atoms with van der Waals surface area (Å²) in [5.74, 6) is -0.653. The maximum absolute atomic E-state index is 11.0. The van der Waals surface area contributed by atoms with Crippen LogP contribution >= 0.6 is 11.6 Å². The molecule has 7 heteroatoms. The van der Waals surface area contributed by atoms with Crippen LogP contribution in [-0.4, -0.2) is 33.9 Å². The molecular weight excluding hydrogens is 304 g/mol. The van der Waals surface area contributed by atoms with Gasteiger partial charge in [-0.1, -0.05) is 23.7 Å². The Morgan fingerprint density at radius 3 is 2.35 bits per heavy atom. The Balaban J connectivity index is 2.65. The summed E-state index contributed by atoms with van der Waals surface area (Å²) in [7, 11) is -3.52. The normalized spacial score (nSPS) is 12.9. The molecule has 0 fully saturated rings. The molecule has 0 heterocycles. The summed E-state index contributed by atoms with van der Waals surface area (Å²) in [5.41, 5.74) is 0.962. The number of hydrogen-bond donors (Lipinski definition) is 0. The first kappa shape index (κ1) is 16.9. The maximum atomic E-state index is 11.0. The van der Waals surface area contributed by atoms with Gasteiger partial charge in [-0.3, -0.25) is 8.98 Å². The smallest absolute Gasteiger partial charge is 0.302 e. The number of rotatable bonds is 7. The molecular formula is C13H17ClO5S. The van der Waals surface area contributed by atoms with E-state index in [-0.39, 0.29) is 19.1 Å². The molecule has 1 rings (SSSR count). The zero-order valence-corrected chi connectivity index (χ0v) is 12.9. The Morgan fingerprint density at radius 1 is 1.25 bits per heavy atom. The topological polar surface area (TPSA) is 69.7 Å². The molecule has 0 aliphatic heterocycles. The molecule has 0 bridgehead atoms. The average molecular weight is 321 g/mol. The maximum Gasteiger partial charge on any atom is 0.302 e. The molecule has 0 aliphatic carbocycles. The fourth-order valence-electron chi connectivity index (χ4n) is 1.57. The molecule has 1 aromatic carbocycles. The minimum atomic E-state index is -3.52. The van der Waals surface area contributed by atoms with Crippen LogP contribution in [0.1, 0.15) is 12.5 Å². The summed E-state index contributed by atoms with van der Waals surface area (Å²) in [4.78, 5) is 10.8. The largest absolute Gasteiger partial charge is 0.465 e. The number of esters is 1. The molecule has 0 radical (unpaired) electrons. The Hall–Kier alpha value is -1.11. The number of carbonyl (C=O) groups is 1. The summed E-state index contributed by atoms with van der Waals surface area (Å²) in [6.07, 6.45) is 1.51. The van der Waals surface area contributed by atoms with E-state index in [0.717, 1.165) is 11.8 Å². The van der Waals surface area contributed by atoms with Gasteiger partial charge in [0.15, 0.2) is 0 Å². The van der Waals surface area contributed by atoms with E-state index >= 15 is 0 Å². The quantitative estimate of drug-likeness (QED) is 0.568. The highest BCUT2D eigenvalue weighted by atomic mass is 35.5. The van der Waals surface area contributed by atoms with Crippen LogP contribution in [-0.2, 0) is 30.3 Å². The van der Waals surface area contributed by atoms with Crippen molar-refractivity contribution >= 4 is 27.7 Å². The SMILES string of the molecule is CC(=O)OCC(COS(C)(=O)=O)Cc1ccc(Cl)cc1. The second-order valence-electron chi connectivity index (χ2n) is 4.49. The van der Waals surface area contributed by atoms with Crippen molar-refractivity contribution in [3.8, 4) is 0 Å². The predicted molar refractivity (Wildman–Crippen MR) is 76.1 cm³/mol. The van der Waals surface area contributed by atoms with Gasteiger partial charge in [-0.05, 0) is 24.1 Å². The zero-order valence-electron chi connectivity index (χ0n) is 11.3. The molecule has 0 amide bonds. The van der Waals surface area contributed by atoms with Crippen LogP contribution in [0.15, 0.2) is 24.3 Å². The lowest BCUT2D eigenvalue weighted by Crippen LogP contribution is -2.22. The molecule has 1 unspecified atom stereocenters. The standard InChI is InChI=1S/C13H17ClO5S/c1-10(15)18-8-12(9-19-20(2,16)17)7-11-3-5-13(14)6-4-11/h3-6,12H,7-9H2,1-2H3. The van der Waals surface area contributed by atoms with Crippen LogP contribution in [0.3, 0.4) is 0 Å². The lowest BCUT2D eigenvalue weighted by atomic mass is 10.0. The van der Waals surface area contributed by atoms with E-state index in [1.54, 1.807) is 12.1 Å². The molecule has 112 valence electrons. The molecule has 0 saturated heterocycles. The average Bonchev–Trinajstić information content (AvgIpc) is 2.34. The zero-order chi connectivity index (χ0) is 15.2. The van der Waals surface area contributed by atoms with Crippen LogP contribution in [0.2, 0.25) is 5.02 Å². The van der Waals surface area contributed by atoms with Crippen molar-refractivity contribution < 1.29 is 22.1 Å². The van der Waals surface area contributed by atoms with Gasteiger partial charge in [-0.15, -0.1) is 0 Å². The molecule has 0 N–H and O–H groups in total. The number of halogens is 1. The van der Waals surface area contributed by atoms with Crippen molar-refractivity contribution in [3.63, 3.8) is 0 Å². The molecule has 20 heavy (non-hydrogen) atoms. The van der Waals surface area contributed by atoms with Crippen LogP contribution in [0.4, 0.5) is 0 Å². The lowest BCUT2D eigenvalue weighted by molar-refractivity contribution is -0.142.